The Morgan fingerprint density at radius 1 is 1.07 bits per heavy atom. The summed E-state index contributed by atoms with van der Waals surface area (Å²) < 4.78 is 0.257. The summed E-state index contributed by atoms with van der Waals surface area (Å²) in [5.41, 5.74) is 3.09. The van der Waals surface area contributed by atoms with Gasteiger partial charge in [-0.2, -0.15) is 0 Å². The molecule has 0 aromatic rings. The van der Waals surface area contributed by atoms with Crippen LogP contribution in [0.4, 0.5) is 0 Å². The summed E-state index contributed by atoms with van der Waals surface area (Å²) in [6.07, 6.45) is 15.6. The monoisotopic (exact) mass is 240 g/mol. The molecular formula is C12H13ClTi. The van der Waals surface area contributed by atoms with Gasteiger partial charge in [0.25, 0.3) is 0 Å². The van der Waals surface area contributed by atoms with E-state index in [9.17, 15) is 0 Å². The van der Waals surface area contributed by atoms with Gasteiger partial charge in [0.1, 0.15) is 0 Å². The van der Waals surface area contributed by atoms with Crippen LogP contribution in [0.15, 0.2) is 47.6 Å². The van der Waals surface area contributed by atoms with Gasteiger partial charge in [-0.3, -0.25) is 0 Å². The van der Waals surface area contributed by atoms with Crippen molar-refractivity contribution in [2.45, 2.75) is 23.5 Å². The maximum Gasteiger partial charge on any atom is -1.00 e. The molecule has 0 spiro atoms. The molecule has 2 aliphatic carbocycles. The van der Waals surface area contributed by atoms with E-state index in [1.807, 2.05) is 0 Å². The van der Waals surface area contributed by atoms with Crippen LogP contribution in [0.25, 0.3) is 0 Å². The summed E-state index contributed by atoms with van der Waals surface area (Å²) in [6, 6.07) is 0. The van der Waals surface area contributed by atoms with Gasteiger partial charge in [-0.25, -0.2) is 0 Å². The molecule has 0 saturated carbocycles. The van der Waals surface area contributed by atoms with Crippen LogP contribution in [0.2, 0.25) is 3.72 Å². The van der Waals surface area contributed by atoms with Crippen molar-refractivity contribution in [3.05, 3.63) is 47.6 Å². The molecule has 0 aromatic carbocycles. The Kier molecular flexibility index (Phi) is 4.00. The van der Waals surface area contributed by atoms with E-state index in [4.69, 9.17) is 0 Å². The number of halogens is 1. The number of allylic oxidation sites excluding steroid dienone is 8. The average Bonchev–Trinajstić information content (AvgIpc) is 2.78. The van der Waals surface area contributed by atoms with Gasteiger partial charge in [0.05, 0.1) is 0 Å². The van der Waals surface area contributed by atoms with Crippen molar-refractivity contribution in [2.75, 3.05) is 0 Å². The van der Waals surface area contributed by atoms with Gasteiger partial charge < -0.3 is 12.4 Å². The zero-order valence-corrected chi connectivity index (χ0v) is 10.6. The molecule has 0 amide bonds. The SMILES string of the molecule is C[C]([Ti+])(C1=CC=CC1)C1=CC=CC1.[Cl-]. The molecule has 2 rings (SSSR count). The smallest absolute Gasteiger partial charge is 1.00 e. The van der Waals surface area contributed by atoms with Crippen LogP contribution >= 0.6 is 0 Å². The first-order valence-electron chi connectivity index (χ1n) is 4.68. The molecule has 0 bridgehead atoms. The van der Waals surface area contributed by atoms with E-state index in [0.29, 0.717) is 0 Å². The van der Waals surface area contributed by atoms with Gasteiger partial charge >= 0.3 is 91.5 Å². The van der Waals surface area contributed by atoms with Crippen LogP contribution in [0.3, 0.4) is 0 Å². The van der Waals surface area contributed by atoms with E-state index >= 15 is 0 Å². The Balaban J connectivity index is 0.000000980. The van der Waals surface area contributed by atoms with E-state index in [0.717, 1.165) is 12.8 Å². The van der Waals surface area contributed by atoms with Crippen molar-refractivity contribution in [1.82, 2.24) is 0 Å². The van der Waals surface area contributed by atoms with E-state index in [2.05, 4.69) is 63.8 Å². The summed E-state index contributed by atoms with van der Waals surface area (Å²) >= 11 is 2.32. The molecule has 0 unspecified atom stereocenters. The minimum Gasteiger partial charge on any atom is -1.00 e. The minimum atomic E-state index is 0. The molecule has 0 fully saturated rings. The fraction of sp³-hybridized carbons (Fsp3) is 0.333. The Morgan fingerprint density at radius 2 is 1.50 bits per heavy atom. The molecule has 0 N–H and O–H groups in total. The Morgan fingerprint density at radius 3 is 1.79 bits per heavy atom. The maximum absolute atomic E-state index is 2.32. The second-order valence-corrected chi connectivity index (χ2v) is 5.33. The molecule has 0 radical (unpaired) electrons. The molecule has 0 aromatic heterocycles. The van der Waals surface area contributed by atoms with Crippen molar-refractivity contribution in [1.29, 1.82) is 0 Å². The van der Waals surface area contributed by atoms with Crippen LogP contribution in [0.5, 0.6) is 0 Å². The molecule has 0 saturated heterocycles. The third-order valence-electron chi connectivity index (χ3n) is 2.83. The second-order valence-electron chi connectivity index (χ2n) is 3.77. The Hall–Kier alpha value is -0.0357. The Bertz CT molecular complexity index is 300. The van der Waals surface area contributed by atoms with Gasteiger partial charge in [-0.15, -0.1) is 0 Å². The predicted octanol–water partition coefficient (Wildman–Crippen LogP) is 0.488. The summed E-state index contributed by atoms with van der Waals surface area (Å²) in [7, 11) is 0. The fourth-order valence-corrected chi connectivity index (χ4v) is 2.42. The Labute approximate surface area is 104 Å². The molecule has 0 atom stereocenters. The first-order valence-corrected chi connectivity index (χ1v) is 5.47. The van der Waals surface area contributed by atoms with Gasteiger partial charge in [-0.1, -0.05) is 0 Å². The zero-order chi connectivity index (χ0) is 9.31. The van der Waals surface area contributed by atoms with Crippen LogP contribution in [0, 0.1) is 0 Å². The first-order chi connectivity index (χ1) is 6.21. The average molecular weight is 241 g/mol. The van der Waals surface area contributed by atoms with E-state index in [1.54, 1.807) is 11.1 Å². The van der Waals surface area contributed by atoms with Crippen LogP contribution in [0.1, 0.15) is 19.8 Å². The molecule has 14 heavy (non-hydrogen) atoms. The van der Waals surface area contributed by atoms with Gasteiger partial charge in [-0.05, 0) is 0 Å². The predicted molar refractivity (Wildman–Crippen MR) is 52.0 cm³/mol. The van der Waals surface area contributed by atoms with Crippen molar-refractivity contribution in [3.63, 3.8) is 0 Å². The summed E-state index contributed by atoms with van der Waals surface area (Å²) in [6.45, 7) is 2.32. The van der Waals surface area contributed by atoms with Gasteiger partial charge in [0.15, 0.2) is 0 Å². The maximum atomic E-state index is 2.32. The minimum absolute atomic E-state index is 0. The summed E-state index contributed by atoms with van der Waals surface area (Å²) in [5, 5.41) is 0. The zero-order valence-electron chi connectivity index (χ0n) is 8.26. The number of hydrogen-bond donors (Lipinski definition) is 0. The third kappa shape index (κ3) is 2.13. The molecule has 72 valence electrons. The first kappa shape index (κ1) is 12.0. The van der Waals surface area contributed by atoms with E-state index in [1.165, 1.54) is 0 Å². The van der Waals surface area contributed by atoms with Crippen molar-refractivity contribution in [2.24, 2.45) is 0 Å². The molecule has 2 aliphatic rings. The molecule has 0 heterocycles. The van der Waals surface area contributed by atoms with Crippen LogP contribution in [-0.4, -0.2) is 0 Å². The second kappa shape index (κ2) is 4.66. The van der Waals surface area contributed by atoms with Crippen LogP contribution in [-0.2, 0) is 20.4 Å². The van der Waals surface area contributed by atoms with Crippen molar-refractivity contribution in [3.8, 4) is 0 Å². The number of rotatable bonds is 2. The standard InChI is InChI=1S/C12H13.ClH.Ti/c1-10(11-6-2-3-7-11)12-8-4-5-9-12;;/h2-6,8H,7,9H2,1H3;1H;/q;;+1/p-1. The van der Waals surface area contributed by atoms with Crippen molar-refractivity contribution < 1.29 is 32.8 Å². The molecule has 0 nitrogen and oxygen atoms in total. The fourth-order valence-electron chi connectivity index (χ4n) is 1.84. The van der Waals surface area contributed by atoms with Gasteiger partial charge in [0, 0.05) is 0 Å². The topological polar surface area (TPSA) is 0 Å². The summed E-state index contributed by atoms with van der Waals surface area (Å²) in [4.78, 5) is 0. The molecule has 0 aliphatic heterocycles. The third-order valence-corrected chi connectivity index (χ3v) is 3.83. The number of hydrogen-bond acceptors (Lipinski definition) is 0. The van der Waals surface area contributed by atoms with Crippen LogP contribution < -0.4 is 12.4 Å². The normalized spacial score (nSPS) is 19.1. The summed E-state index contributed by atoms with van der Waals surface area (Å²) in [5.74, 6) is 0. The van der Waals surface area contributed by atoms with Crippen molar-refractivity contribution >= 4 is 0 Å². The molecule has 2 heteroatoms. The van der Waals surface area contributed by atoms with Gasteiger partial charge in [0.2, 0.25) is 0 Å². The quantitative estimate of drug-likeness (QED) is 0.617. The van der Waals surface area contributed by atoms with E-state index < -0.39 is 0 Å². The largest absolute Gasteiger partial charge is 1.00 e. The van der Waals surface area contributed by atoms with E-state index in [-0.39, 0.29) is 16.1 Å². The molecular weight excluding hydrogens is 227 g/mol.